The fraction of sp³-hybridized carbons (Fsp3) is 0.500. The molecule has 0 fully saturated rings. The quantitative estimate of drug-likeness (QED) is 0.809. The average Bonchev–Trinajstić information content (AvgIpc) is 2.27. The lowest BCUT2D eigenvalue weighted by atomic mass is 10.1. The smallest absolute Gasteiger partial charge is 0.148 e. The van der Waals surface area contributed by atoms with Gasteiger partial charge in [-0.15, -0.1) is 11.8 Å². The molecule has 1 N–H and O–H groups in total. The molecule has 0 spiro atoms. The highest BCUT2D eigenvalue weighted by Gasteiger charge is 2.05. The zero-order valence-electron chi connectivity index (χ0n) is 10.1. The molecule has 5 heteroatoms. The summed E-state index contributed by atoms with van der Waals surface area (Å²) in [6.45, 7) is 1.93. The second-order valence-corrected chi connectivity index (χ2v) is 7.40. The highest BCUT2D eigenvalue weighted by molar-refractivity contribution is 8.00. The number of hydrogen-bond acceptors (Lipinski definition) is 4. The molecular formula is C12H18O3S2. The molecule has 1 rings (SSSR count). The predicted octanol–water partition coefficient (Wildman–Crippen LogP) is 2.27. The Morgan fingerprint density at radius 2 is 1.88 bits per heavy atom. The van der Waals surface area contributed by atoms with Crippen molar-refractivity contribution in [2.24, 2.45) is 0 Å². The molecule has 1 aromatic carbocycles. The Bertz CT molecular complexity index is 437. The third-order valence-corrected chi connectivity index (χ3v) is 4.59. The predicted molar refractivity (Wildman–Crippen MR) is 72.1 cm³/mol. The van der Waals surface area contributed by atoms with Gasteiger partial charge in [-0.25, -0.2) is 8.42 Å². The van der Waals surface area contributed by atoms with Crippen LogP contribution in [0.25, 0.3) is 0 Å². The Labute approximate surface area is 107 Å². The van der Waals surface area contributed by atoms with Crippen LogP contribution in [0.4, 0.5) is 0 Å². The molecule has 0 heterocycles. The Morgan fingerprint density at radius 1 is 1.29 bits per heavy atom. The lowest BCUT2D eigenvalue weighted by Crippen LogP contribution is -2.04. The van der Waals surface area contributed by atoms with E-state index in [-0.39, 0.29) is 5.75 Å². The summed E-state index contributed by atoms with van der Waals surface area (Å²) in [5, 5.41) is 9.62. The van der Waals surface area contributed by atoms with E-state index in [4.69, 9.17) is 0 Å². The molecule has 0 radical (unpaired) electrons. The summed E-state index contributed by atoms with van der Waals surface area (Å²) in [5.74, 6) is 0.755. The van der Waals surface area contributed by atoms with E-state index < -0.39 is 15.9 Å². The number of aliphatic hydroxyl groups is 1. The third-order valence-electron chi connectivity index (χ3n) is 2.37. The molecule has 96 valence electrons. The van der Waals surface area contributed by atoms with Gasteiger partial charge < -0.3 is 5.11 Å². The molecule has 0 saturated heterocycles. The molecule has 17 heavy (non-hydrogen) atoms. The summed E-state index contributed by atoms with van der Waals surface area (Å²) < 4.78 is 21.9. The van der Waals surface area contributed by atoms with Crippen LogP contribution >= 0.6 is 11.8 Å². The van der Waals surface area contributed by atoms with Gasteiger partial charge in [0.25, 0.3) is 0 Å². The maximum Gasteiger partial charge on any atom is 0.148 e. The lowest BCUT2D eigenvalue weighted by Gasteiger charge is -2.08. The summed E-state index contributed by atoms with van der Waals surface area (Å²) in [5.41, 5.74) is 0.903. The summed E-state index contributed by atoms with van der Waals surface area (Å²) >= 11 is 1.51. The lowest BCUT2D eigenvalue weighted by molar-refractivity contribution is 0.173. The molecule has 0 aliphatic rings. The number of hydrogen-bond donors (Lipinski definition) is 1. The second kappa shape index (κ2) is 6.42. The molecule has 1 aromatic rings. The Balaban J connectivity index is 2.51. The van der Waals surface area contributed by atoms with Gasteiger partial charge in [-0.3, -0.25) is 0 Å². The van der Waals surface area contributed by atoms with Crippen LogP contribution in [0.1, 0.15) is 25.0 Å². The van der Waals surface area contributed by atoms with Gasteiger partial charge in [-0.05, 0) is 24.1 Å². The number of thioether (sulfide) groups is 1. The standard InChI is InChI=1S/C12H18O3S2/c1-3-12(13)10-4-6-11(7-5-10)16-8-9-17(2,14)15/h4-7,12-13H,3,8-9H2,1-2H3/t12-/m1/s1. The summed E-state index contributed by atoms with van der Waals surface area (Å²) in [6.07, 6.45) is 1.53. The number of rotatable bonds is 6. The van der Waals surface area contributed by atoms with E-state index in [9.17, 15) is 13.5 Å². The number of aliphatic hydroxyl groups excluding tert-OH is 1. The van der Waals surface area contributed by atoms with Gasteiger partial charge in [0.2, 0.25) is 0 Å². The van der Waals surface area contributed by atoms with Crippen molar-refractivity contribution >= 4 is 21.6 Å². The van der Waals surface area contributed by atoms with Crippen LogP contribution in [-0.2, 0) is 9.84 Å². The molecule has 0 saturated carbocycles. The normalized spacial score (nSPS) is 13.6. The third kappa shape index (κ3) is 5.57. The number of benzene rings is 1. The highest BCUT2D eigenvalue weighted by Crippen LogP contribution is 2.22. The molecule has 0 aliphatic carbocycles. The minimum Gasteiger partial charge on any atom is -0.388 e. The van der Waals surface area contributed by atoms with Gasteiger partial charge in [0.1, 0.15) is 9.84 Å². The zero-order valence-corrected chi connectivity index (χ0v) is 11.7. The van der Waals surface area contributed by atoms with Crippen LogP contribution in [-0.4, -0.2) is 31.3 Å². The Hall–Kier alpha value is -0.520. The summed E-state index contributed by atoms with van der Waals surface area (Å²) in [7, 11) is -2.88. The van der Waals surface area contributed by atoms with Crippen molar-refractivity contribution in [2.45, 2.75) is 24.3 Å². The molecule has 0 aliphatic heterocycles. The van der Waals surface area contributed by atoms with E-state index in [0.29, 0.717) is 12.2 Å². The van der Waals surface area contributed by atoms with Gasteiger partial charge in [0, 0.05) is 16.9 Å². The van der Waals surface area contributed by atoms with E-state index in [1.807, 2.05) is 31.2 Å². The second-order valence-electron chi connectivity index (χ2n) is 3.97. The van der Waals surface area contributed by atoms with Crippen molar-refractivity contribution in [3.63, 3.8) is 0 Å². The summed E-state index contributed by atoms with van der Waals surface area (Å²) in [4.78, 5) is 1.03. The maximum absolute atomic E-state index is 11.0. The molecule has 0 unspecified atom stereocenters. The topological polar surface area (TPSA) is 54.4 Å². The van der Waals surface area contributed by atoms with Crippen molar-refractivity contribution in [3.8, 4) is 0 Å². The Kier molecular flexibility index (Phi) is 5.49. The van der Waals surface area contributed by atoms with Crippen molar-refractivity contribution in [1.82, 2.24) is 0 Å². The van der Waals surface area contributed by atoms with Crippen LogP contribution in [0.2, 0.25) is 0 Å². The van der Waals surface area contributed by atoms with Crippen molar-refractivity contribution in [3.05, 3.63) is 29.8 Å². The van der Waals surface area contributed by atoms with Crippen LogP contribution in [0.3, 0.4) is 0 Å². The monoisotopic (exact) mass is 274 g/mol. The molecule has 1 atom stereocenters. The SMILES string of the molecule is CC[C@@H](O)c1ccc(SCCS(C)(=O)=O)cc1. The van der Waals surface area contributed by atoms with E-state index in [1.54, 1.807) is 0 Å². The minimum atomic E-state index is -2.88. The summed E-state index contributed by atoms with van der Waals surface area (Å²) in [6, 6.07) is 7.61. The van der Waals surface area contributed by atoms with Crippen molar-refractivity contribution in [2.75, 3.05) is 17.8 Å². The van der Waals surface area contributed by atoms with Crippen LogP contribution < -0.4 is 0 Å². The van der Waals surface area contributed by atoms with Crippen molar-refractivity contribution < 1.29 is 13.5 Å². The zero-order chi connectivity index (χ0) is 12.9. The minimum absolute atomic E-state index is 0.191. The molecular weight excluding hydrogens is 256 g/mol. The van der Waals surface area contributed by atoms with Gasteiger partial charge in [-0.2, -0.15) is 0 Å². The van der Waals surface area contributed by atoms with E-state index in [0.717, 1.165) is 10.5 Å². The van der Waals surface area contributed by atoms with Crippen LogP contribution in [0.15, 0.2) is 29.2 Å². The molecule has 0 amide bonds. The van der Waals surface area contributed by atoms with E-state index in [1.165, 1.54) is 18.0 Å². The first-order valence-corrected chi connectivity index (χ1v) is 8.55. The number of sulfone groups is 1. The van der Waals surface area contributed by atoms with E-state index in [2.05, 4.69) is 0 Å². The first-order valence-electron chi connectivity index (χ1n) is 5.51. The fourth-order valence-electron chi connectivity index (χ4n) is 1.33. The average molecular weight is 274 g/mol. The van der Waals surface area contributed by atoms with E-state index >= 15 is 0 Å². The molecule has 0 bridgehead atoms. The fourth-order valence-corrected chi connectivity index (χ4v) is 3.44. The van der Waals surface area contributed by atoms with Gasteiger partial charge in [-0.1, -0.05) is 19.1 Å². The highest BCUT2D eigenvalue weighted by atomic mass is 32.2. The first-order chi connectivity index (χ1) is 7.92. The molecule has 0 aromatic heterocycles. The largest absolute Gasteiger partial charge is 0.388 e. The van der Waals surface area contributed by atoms with Gasteiger partial charge >= 0.3 is 0 Å². The molecule has 3 nitrogen and oxygen atoms in total. The van der Waals surface area contributed by atoms with Crippen LogP contribution in [0.5, 0.6) is 0 Å². The first kappa shape index (κ1) is 14.5. The van der Waals surface area contributed by atoms with Crippen LogP contribution in [0, 0.1) is 0 Å². The van der Waals surface area contributed by atoms with Gasteiger partial charge in [0.05, 0.1) is 11.9 Å². The maximum atomic E-state index is 11.0. The van der Waals surface area contributed by atoms with Gasteiger partial charge in [0.15, 0.2) is 0 Å². The Morgan fingerprint density at radius 3 is 2.35 bits per heavy atom. The van der Waals surface area contributed by atoms with Crippen molar-refractivity contribution in [1.29, 1.82) is 0 Å².